The quantitative estimate of drug-likeness (QED) is 0.451. The number of benzene rings is 2. The van der Waals surface area contributed by atoms with Gasteiger partial charge in [-0.1, -0.05) is 30.3 Å². The molecular weight excluding hydrogens is 502 g/mol. The zero-order valence-corrected chi connectivity index (χ0v) is 22.7. The van der Waals surface area contributed by atoms with Gasteiger partial charge >= 0.3 is 0 Å². The minimum absolute atomic E-state index is 0.00675. The van der Waals surface area contributed by atoms with Gasteiger partial charge in [0.15, 0.2) is 5.13 Å². The molecule has 2 heterocycles. The number of hydrogen-bond acceptors (Lipinski definition) is 7. The van der Waals surface area contributed by atoms with E-state index in [0.717, 1.165) is 24.5 Å². The van der Waals surface area contributed by atoms with Gasteiger partial charge in [-0.2, -0.15) is 0 Å². The smallest absolute Gasteiger partial charge is 0.254 e. The largest absolute Gasteiger partial charge is 0.495 e. The van der Waals surface area contributed by atoms with Crippen molar-refractivity contribution >= 4 is 39.9 Å². The van der Waals surface area contributed by atoms with Gasteiger partial charge in [-0.15, -0.1) is 11.3 Å². The molecule has 0 atom stereocenters. The Morgan fingerprint density at radius 2 is 1.71 bits per heavy atom. The molecule has 9 nitrogen and oxygen atoms in total. The number of thiazole rings is 1. The van der Waals surface area contributed by atoms with E-state index in [9.17, 15) is 14.4 Å². The van der Waals surface area contributed by atoms with Crippen LogP contribution < -0.4 is 15.0 Å². The number of ether oxygens (including phenoxy) is 1. The van der Waals surface area contributed by atoms with E-state index in [1.54, 1.807) is 36.8 Å². The molecule has 200 valence electrons. The number of nitrogens with zero attached hydrogens (tertiary/aromatic N) is 4. The topological polar surface area (TPSA) is 95.1 Å². The number of carbonyl (C=O) groups is 3. The molecule has 1 aliphatic heterocycles. The molecule has 0 saturated carbocycles. The van der Waals surface area contributed by atoms with Crippen molar-refractivity contribution < 1.29 is 19.1 Å². The maximum Gasteiger partial charge on any atom is 0.254 e. The fourth-order valence-corrected chi connectivity index (χ4v) is 5.08. The zero-order valence-electron chi connectivity index (χ0n) is 21.9. The van der Waals surface area contributed by atoms with Crippen molar-refractivity contribution in [2.45, 2.75) is 26.3 Å². The van der Waals surface area contributed by atoms with Crippen LogP contribution in [0.25, 0.3) is 0 Å². The number of aromatic nitrogens is 1. The fraction of sp³-hybridized carbons (Fsp3) is 0.357. The molecule has 1 saturated heterocycles. The third-order valence-corrected chi connectivity index (χ3v) is 7.21. The van der Waals surface area contributed by atoms with Crippen molar-refractivity contribution in [3.05, 3.63) is 71.2 Å². The molecule has 2 aromatic carbocycles. The first kappa shape index (κ1) is 27.1. The van der Waals surface area contributed by atoms with Gasteiger partial charge in [0.1, 0.15) is 12.3 Å². The van der Waals surface area contributed by atoms with E-state index in [1.165, 1.54) is 16.2 Å². The first-order valence-electron chi connectivity index (χ1n) is 12.6. The number of methoxy groups -OCH3 is 1. The summed E-state index contributed by atoms with van der Waals surface area (Å²) < 4.78 is 5.47. The number of nitrogens with one attached hydrogen (secondary N) is 1. The minimum Gasteiger partial charge on any atom is -0.495 e. The van der Waals surface area contributed by atoms with E-state index < -0.39 is 0 Å². The Balaban J connectivity index is 1.28. The van der Waals surface area contributed by atoms with Crippen molar-refractivity contribution in [3.63, 3.8) is 0 Å². The lowest BCUT2D eigenvalue weighted by atomic mass is 10.1. The van der Waals surface area contributed by atoms with Gasteiger partial charge in [-0.05, 0) is 38.1 Å². The first-order valence-corrected chi connectivity index (χ1v) is 13.5. The van der Waals surface area contributed by atoms with Gasteiger partial charge in [-0.25, -0.2) is 4.98 Å². The van der Waals surface area contributed by atoms with Crippen LogP contribution >= 0.6 is 11.3 Å². The van der Waals surface area contributed by atoms with Gasteiger partial charge in [0.2, 0.25) is 11.8 Å². The summed E-state index contributed by atoms with van der Waals surface area (Å²) in [5.74, 6) is 0.298. The van der Waals surface area contributed by atoms with Gasteiger partial charge in [-0.3, -0.25) is 14.4 Å². The summed E-state index contributed by atoms with van der Waals surface area (Å²) >= 11 is 1.27. The standard InChI is InChI=1S/C28H33N5O4S/c1-20(2)33(27(36)21-9-5-4-6-10-21)18-25(34)30-28-29-22(19-38-28)17-26(35)32-15-13-31(14-16-32)23-11-7-8-12-24(23)37-3/h4-12,19-20H,13-18H2,1-3H3,(H,29,30,34). The van der Waals surface area contributed by atoms with Crippen LogP contribution in [0.15, 0.2) is 60.0 Å². The van der Waals surface area contributed by atoms with Crippen molar-refractivity contribution in [3.8, 4) is 5.75 Å². The molecule has 1 fully saturated rings. The van der Waals surface area contributed by atoms with Crippen molar-refractivity contribution in [1.29, 1.82) is 0 Å². The summed E-state index contributed by atoms with van der Waals surface area (Å²) in [6, 6.07) is 16.6. The summed E-state index contributed by atoms with van der Waals surface area (Å²) in [5.41, 5.74) is 2.18. The van der Waals surface area contributed by atoms with Crippen LogP contribution in [0.2, 0.25) is 0 Å². The zero-order chi connectivity index (χ0) is 27.1. The Morgan fingerprint density at radius 3 is 2.39 bits per heavy atom. The maximum atomic E-state index is 12.9. The normalized spacial score (nSPS) is 13.4. The molecule has 0 aliphatic carbocycles. The Kier molecular flexibility index (Phi) is 8.96. The van der Waals surface area contributed by atoms with Gasteiger partial charge < -0.3 is 24.8 Å². The Hall–Kier alpha value is -3.92. The summed E-state index contributed by atoms with van der Waals surface area (Å²) in [7, 11) is 1.66. The molecule has 4 rings (SSSR count). The fourth-order valence-electron chi connectivity index (χ4n) is 4.35. The van der Waals surface area contributed by atoms with E-state index in [0.29, 0.717) is 29.5 Å². The van der Waals surface area contributed by atoms with E-state index in [1.807, 2.05) is 49.1 Å². The third kappa shape index (κ3) is 6.69. The molecule has 0 unspecified atom stereocenters. The van der Waals surface area contributed by atoms with Crippen LogP contribution in [0, 0.1) is 0 Å². The van der Waals surface area contributed by atoms with Gasteiger partial charge in [0.25, 0.3) is 5.91 Å². The lowest BCUT2D eigenvalue weighted by Crippen LogP contribution is -2.49. The molecule has 10 heteroatoms. The highest BCUT2D eigenvalue weighted by Gasteiger charge is 2.24. The van der Waals surface area contributed by atoms with E-state index in [4.69, 9.17) is 4.74 Å². The third-order valence-electron chi connectivity index (χ3n) is 6.41. The number of amides is 3. The molecule has 1 N–H and O–H groups in total. The average Bonchev–Trinajstić information content (AvgIpc) is 3.37. The number of rotatable bonds is 9. The van der Waals surface area contributed by atoms with E-state index in [2.05, 4.69) is 15.2 Å². The number of anilines is 2. The van der Waals surface area contributed by atoms with E-state index in [-0.39, 0.29) is 36.7 Å². The molecule has 3 amide bonds. The lowest BCUT2D eigenvalue weighted by molar-refractivity contribution is -0.130. The van der Waals surface area contributed by atoms with E-state index >= 15 is 0 Å². The molecular formula is C28H33N5O4S. The molecule has 0 radical (unpaired) electrons. The monoisotopic (exact) mass is 535 g/mol. The molecule has 0 bridgehead atoms. The minimum atomic E-state index is -0.331. The summed E-state index contributed by atoms with van der Waals surface area (Å²) in [6.45, 7) is 6.33. The second-order valence-corrected chi connectivity index (χ2v) is 10.2. The summed E-state index contributed by atoms with van der Waals surface area (Å²) in [5, 5.41) is 4.97. The SMILES string of the molecule is COc1ccccc1N1CCN(C(=O)Cc2csc(NC(=O)CN(C(=O)c3ccccc3)C(C)C)n2)CC1. The highest BCUT2D eigenvalue weighted by atomic mass is 32.1. The second kappa shape index (κ2) is 12.6. The van der Waals surface area contributed by atoms with Crippen LogP contribution in [0.1, 0.15) is 29.9 Å². The van der Waals surface area contributed by atoms with Crippen LogP contribution in [0.5, 0.6) is 5.75 Å². The molecule has 1 aliphatic rings. The highest BCUT2D eigenvalue weighted by molar-refractivity contribution is 7.13. The number of hydrogen-bond donors (Lipinski definition) is 1. The van der Waals surface area contributed by atoms with Crippen LogP contribution in [0.4, 0.5) is 10.8 Å². The summed E-state index contributed by atoms with van der Waals surface area (Å²) in [4.78, 5) is 48.5. The Bertz CT molecular complexity index is 1250. The molecule has 38 heavy (non-hydrogen) atoms. The molecule has 1 aromatic heterocycles. The lowest BCUT2D eigenvalue weighted by Gasteiger charge is -2.36. The highest BCUT2D eigenvalue weighted by Crippen LogP contribution is 2.28. The first-order chi connectivity index (χ1) is 18.4. The molecule has 3 aromatic rings. The van der Waals surface area contributed by atoms with Crippen LogP contribution in [-0.2, 0) is 16.0 Å². The number of piperazine rings is 1. The Morgan fingerprint density at radius 1 is 1.03 bits per heavy atom. The summed E-state index contributed by atoms with van der Waals surface area (Å²) in [6.07, 6.45) is 0.172. The predicted molar refractivity (Wildman–Crippen MR) is 149 cm³/mol. The average molecular weight is 536 g/mol. The van der Waals surface area contributed by atoms with Crippen LogP contribution in [0.3, 0.4) is 0 Å². The predicted octanol–water partition coefficient (Wildman–Crippen LogP) is 3.53. The van der Waals surface area contributed by atoms with Gasteiger partial charge in [0, 0.05) is 43.2 Å². The van der Waals surface area contributed by atoms with Crippen LogP contribution in [-0.4, -0.2) is 78.4 Å². The van der Waals surface area contributed by atoms with Gasteiger partial charge in [0.05, 0.1) is 24.9 Å². The number of carbonyl (C=O) groups excluding carboxylic acids is 3. The van der Waals surface area contributed by atoms with Crippen molar-refractivity contribution in [2.75, 3.05) is 50.1 Å². The number of para-hydroxylation sites is 2. The Labute approximate surface area is 227 Å². The van der Waals surface area contributed by atoms with Crippen molar-refractivity contribution in [2.24, 2.45) is 0 Å². The molecule has 0 spiro atoms. The maximum absolute atomic E-state index is 12.9. The van der Waals surface area contributed by atoms with Crippen molar-refractivity contribution in [1.82, 2.24) is 14.8 Å². The second-order valence-electron chi connectivity index (χ2n) is 9.30.